The first kappa shape index (κ1) is 18.1. The number of halogens is 4. The molecule has 0 saturated heterocycles. The van der Waals surface area contributed by atoms with Gasteiger partial charge in [-0.3, -0.25) is 4.79 Å². The second kappa shape index (κ2) is 8.29. The number of hydrogen-bond donors (Lipinski definition) is 2. The zero-order chi connectivity index (χ0) is 13.6. The lowest BCUT2D eigenvalue weighted by Gasteiger charge is -2.07. The normalized spacial score (nSPS) is 10.7. The van der Waals surface area contributed by atoms with Gasteiger partial charge in [0.2, 0.25) is 0 Å². The predicted octanol–water partition coefficient (Wildman–Crippen LogP) is 2.67. The quantitative estimate of drug-likeness (QED) is 0.648. The third kappa shape index (κ3) is 7.29. The van der Waals surface area contributed by atoms with Gasteiger partial charge in [0.15, 0.2) is 0 Å². The highest BCUT2D eigenvalue weighted by molar-refractivity contribution is 8.00. The average Bonchev–Trinajstić information content (AvgIpc) is 2.28. The Bertz CT molecular complexity index is 398. The summed E-state index contributed by atoms with van der Waals surface area (Å²) < 4.78 is 36.2. The molecule has 0 spiro atoms. The van der Waals surface area contributed by atoms with Gasteiger partial charge in [0.25, 0.3) is 5.91 Å². The molecular formula is C11H14ClF3N2OS. The molecule has 3 nitrogen and oxygen atoms in total. The number of likely N-dealkylation sites (N-methyl/N-ethyl adjacent to an activating group) is 1. The SMILES string of the molecule is CNCCNC(=O)c1ccc(SC(F)(F)F)cc1.Cl. The molecule has 1 aromatic rings. The molecule has 0 fully saturated rings. The van der Waals surface area contributed by atoms with Crippen LogP contribution in [0.25, 0.3) is 0 Å². The van der Waals surface area contributed by atoms with Gasteiger partial charge in [-0.15, -0.1) is 12.4 Å². The Morgan fingerprint density at radius 1 is 1.21 bits per heavy atom. The van der Waals surface area contributed by atoms with Crippen molar-refractivity contribution in [1.29, 1.82) is 0 Å². The van der Waals surface area contributed by atoms with E-state index in [2.05, 4.69) is 10.6 Å². The number of amides is 1. The number of thioether (sulfide) groups is 1. The number of benzene rings is 1. The van der Waals surface area contributed by atoms with Gasteiger partial charge in [-0.1, -0.05) is 0 Å². The summed E-state index contributed by atoms with van der Waals surface area (Å²) in [6, 6.07) is 5.32. The van der Waals surface area contributed by atoms with Crippen molar-refractivity contribution in [2.75, 3.05) is 20.1 Å². The first-order valence-electron chi connectivity index (χ1n) is 5.21. The van der Waals surface area contributed by atoms with Gasteiger partial charge in [-0.2, -0.15) is 13.2 Å². The summed E-state index contributed by atoms with van der Waals surface area (Å²) in [5.74, 6) is -0.297. The average molecular weight is 315 g/mol. The molecule has 19 heavy (non-hydrogen) atoms. The summed E-state index contributed by atoms with van der Waals surface area (Å²) in [7, 11) is 1.76. The highest BCUT2D eigenvalue weighted by atomic mass is 35.5. The zero-order valence-corrected chi connectivity index (χ0v) is 11.7. The second-order valence-electron chi connectivity index (χ2n) is 3.43. The lowest BCUT2D eigenvalue weighted by Crippen LogP contribution is -2.30. The van der Waals surface area contributed by atoms with Crippen LogP contribution in [-0.4, -0.2) is 31.6 Å². The molecule has 2 N–H and O–H groups in total. The van der Waals surface area contributed by atoms with Crippen LogP contribution in [-0.2, 0) is 0 Å². The van der Waals surface area contributed by atoms with Crippen LogP contribution in [0.4, 0.5) is 13.2 Å². The number of nitrogens with one attached hydrogen (secondary N) is 2. The van der Waals surface area contributed by atoms with Crippen molar-refractivity contribution in [1.82, 2.24) is 10.6 Å². The molecule has 8 heteroatoms. The molecule has 0 bridgehead atoms. The molecule has 0 unspecified atom stereocenters. The lowest BCUT2D eigenvalue weighted by molar-refractivity contribution is -0.0328. The monoisotopic (exact) mass is 314 g/mol. The summed E-state index contributed by atoms with van der Waals surface area (Å²) in [4.78, 5) is 11.6. The number of carbonyl (C=O) groups is 1. The van der Waals surface area contributed by atoms with Gasteiger partial charge in [0.1, 0.15) is 0 Å². The molecule has 0 aliphatic carbocycles. The standard InChI is InChI=1S/C11H13F3N2OS.ClH/c1-15-6-7-16-10(17)8-2-4-9(5-3-8)18-11(12,13)14;/h2-5,15H,6-7H2,1H3,(H,16,17);1H. The Balaban J connectivity index is 0.00000324. The lowest BCUT2D eigenvalue weighted by atomic mass is 10.2. The minimum atomic E-state index is -4.31. The molecule has 0 aliphatic heterocycles. The predicted molar refractivity (Wildman–Crippen MR) is 71.9 cm³/mol. The van der Waals surface area contributed by atoms with Crippen LogP contribution >= 0.6 is 24.2 Å². The Morgan fingerprint density at radius 3 is 2.26 bits per heavy atom. The van der Waals surface area contributed by atoms with Gasteiger partial charge in [0.05, 0.1) is 0 Å². The van der Waals surface area contributed by atoms with Crippen molar-refractivity contribution in [3.8, 4) is 0 Å². The maximum absolute atomic E-state index is 12.1. The molecule has 0 aliphatic rings. The fourth-order valence-corrected chi connectivity index (χ4v) is 1.75. The van der Waals surface area contributed by atoms with Crippen LogP contribution in [0.1, 0.15) is 10.4 Å². The molecule has 0 heterocycles. The van der Waals surface area contributed by atoms with Crippen molar-refractivity contribution in [2.45, 2.75) is 10.4 Å². The largest absolute Gasteiger partial charge is 0.446 e. The molecule has 0 radical (unpaired) electrons. The highest BCUT2D eigenvalue weighted by Gasteiger charge is 2.29. The van der Waals surface area contributed by atoms with Gasteiger partial charge < -0.3 is 10.6 Å². The van der Waals surface area contributed by atoms with Crippen LogP contribution in [0, 0.1) is 0 Å². The topological polar surface area (TPSA) is 41.1 Å². The van der Waals surface area contributed by atoms with E-state index in [1.807, 2.05) is 0 Å². The number of rotatable bonds is 5. The van der Waals surface area contributed by atoms with E-state index in [4.69, 9.17) is 0 Å². The molecule has 0 aromatic heterocycles. The summed E-state index contributed by atoms with van der Waals surface area (Å²) in [6.07, 6.45) is 0. The smallest absolute Gasteiger partial charge is 0.351 e. The van der Waals surface area contributed by atoms with E-state index >= 15 is 0 Å². The molecule has 0 saturated carbocycles. The van der Waals surface area contributed by atoms with E-state index in [9.17, 15) is 18.0 Å². The van der Waals surface area contributed by atoms with Crippen LogP contribution < -0.4 is 10.6 Å². The summed E-state index contributed by atoms with van der Waals surface area (Å²) in [6.45, 7) is 1.10. The molecule has 0 atom stereocenters. The van der Waals surface area contributed by atoms with Crippen molar-refractivity contribution >= 4 is 30.1 Å². The second-order valence-corrected chi connectivity index (χ2v) is 4.57. The fraction of sp³-hybridized carbons (Fsp3) is 0.364. The first-order valence-corrected chi connectivity index (χ1v) is 6.02. The maximum atomic E-state index is 12.1. The molecule has 1 aromatic carbocycles. The zero-order valence-electron chi connectivity index (χ0n) is 10.1. The first-order chi connectivity index (χ1) is 8.42. The van der Waals surface area contributed by atoms with Crippen LogP contribution in [0.3, 0.4) is 0 Å². The van der Waals surface area contributed by atoms with Crippen LogP contribution in [0.2, 0.25) is 0 Å². The Hall–Kier alpha value is -0.920. The third-order valence-electron chi connectivity index (χ3n) is 2.01. The Kier molecular flexibility index (Phi) is 7.89. The molecule has 1 rings (SSSR count). The van der Waals surface area contributed by atoms with E-state index < -0.39 is 5.51 Å². The van der Waals surface area contributed by atoms with Crippen molar-refractivity contribution in [3.05, 3.63) is 29.8 Å². The van der Waals surface area contributed by atoms with Gasteiger partial charge in [-0.05, 0) is 43.1 Å². The fourth-order valence-electron chi connectivity index (χ4n) is 1.21. The number of alkyl halides is 3. The summed E-state index contributed by atoms with van der Waals surface area (Å²) in [5.41, 5.74) is -3.96. The minimum Gasteiger partial charge on any atom is -0.351 e. The van der Waals surface area contributed by atoms with Crippen molar-refractivity contribution < 1.29 is 18.0 Å². The third-order valence-corrected chi connectivity index (χ3v) is 2.75. The van der Waals surface area contributed by atoms with Crippen molar-refractivity contribution in [3.63, 3.8) is 0 Å². The molecule has 1 amide bonds. The van der Waals surface area contributed by atoms with E-state index in [1.54, 1.807) is 7.05 Å². The Labute approximate surface area is 119 Å². The summed E-state index contributed by atoms with van der Waals surface area (Å²) >= 11 is -0.199. The van der Waals surface area contributed by atoms with E-state index in [0.29, 0.717) is 18.7 Å². The highest BCUT2D eigenvalue weighted by Crippen LogP contribution is 2.36. The van der Waals surface area contributed by atoms with Crippen molar-refractivity contribution in [2.24, 2.45) is 0 Å². The maximum Gasteiger partial charge on any atom is 0.446 e. The van der Waals surface area contributed by atoms with Gasteiger partial charge in [-0.25, -0.2) is 0 Å². The van der Waals surface area contributed by atoms with Crippen LogP contribution in [0.5, 0.6) is 0 Å². The van der Waals surface area contributed by atoms with Gasteiger partial charge in [0, 0.05) is 23.5 Å². The van der Waals surface area contributed by atoms with E-state index in [0.717, 1.165) is 0 Å². The molecule has 108 valence electrons. The van der Waals surface area contributed by atoms with E-state index in [-0.39, 0.29) is 35.0 Å². The van der Waals surface area contributed by atoms with Gasteiger partial charge >= 0.3 is 5.51 Å². The Morgan fingerprint density at radius 2 is 1.79 bits per heavy atom. The number of hydrogen-bond acceptors (Lipinski definition) is 3. The van der Waals surface area contributed by atoms with Crippen LogP contribution in [0.15, 0.2) is 29.2 Å². The summed E-state index contributed by atoms with van der Waals surface area (Å²) in [5, 5.41) is 5.50. The minimum absolute atomic E-state index is 0. The molecular weight excluding hydrogens is 301 g/mol. The number of carbonyl (C=O) groups excluding carboxylic acids is 1. The van der Waals surface area contributed by atoms with E-state index in [1.165, 1.54) is 24.3 Å².